The molecule has 0 radical (unpaired) electrons. The van der Waals surface area contributed by atoms with Crippen LogP contribution in [0.5, 0.6) is 0 Å². The van der Waals surface area contributed by atoms with E-state index in [0.29, 0.717) is 9.75 Å². The van der Waals surface area contributed by atoms with Crippen LogP contribution in [0.4, 0.5) is 0 Å². The lowest BCUT2D eigenvalue weighted by Gasteiger charge is -2.23. The first-order chi connectivity index (χ1) is 19.4. The fourth-order valence-electron chi connectivity index (χ4n) is 6.26. The van der Waals surface area contributed by atoms with Gasteiger partial charge in [0.05, 0.1) is 62.4 Å². The molecule has 0 aromatic carbocycles. The van der Waals surface area contributed by atoms with Gasteiger partial charge >= 0.3 is 5.63 Å². The highest BCUT2D eigenvalue weighted by Gasteiger charge is 2.35. The predicted molar refractivity (Wildman–Crippen MR) is 175 cm³/mol. The van der Waals surface area contributed by atoms with E-state index in [9.17, 15) is 14.4 Å². The number of nitrogens with zero attached hydrogens (tertiary/aromatic N) is 2. The molecule has 0 saturated carbocycles. The molecule has 1 aliphatic carbocycles. The molecule has 7 heterocycles. The van der Waals surface area contributed by atoms with E-state index in [1.165, 1.54) is 22.7 Å². The number of hydrogen-bond donors (Lipinski definition) is 0. The molecule has 6 aromatic heterocycles. The molecule has 41 heavy (non-hydrogen) atoms. The van der Waals surface area contributed by atoms with Gasteiger partial charge < -0.3 is 13.6 Å². The number of thiophene rings is 4. The van der Waals surface area contributed by atoms with Crippen molar-refractivity contribution in [3.8, 4) is 32.2 Å². The average molecular weight is 617 g/mol. The summed E-state index contributed by atoms with van der Waals surface area (Å²) in [6.07, 6.45) is 0. The highest BCUT2D eigenvalue weighted by molar-refractivity contribution is 7.29. The molecule has 6 nitrogen and oxygen atoms in total. The summed E-state index contributed by atoms with van der Waals surface area (Å²) in [5, 5.41) is 4.14. The van der Waals surface area contributed by atoms with Gasteiger partial charge in [0.1, 0.15) is 0 Å². The smallest absolute Gasteiger partial charge is 0.345 e. The van der Waals surface area contributed by atoms with Crippen LogP contribution in [0, 0.1) is 0 Å². The first-order valence-corrected chi connectivity index (χ1v) is 16.6. The van der Waals surface area contributed by atoms with E-state index in [-0.39, 0.29) is 33.5 Å². The molecule has 10 heteroatoms. The maximum atomic E-state index is 13.5. The maximum Gasteiger partial charge on any atom is 0.345 e. The summed E-state index contributed by atoms with van der Waals surface area (Å²) in [7, 11) is 0. The van der Waals surface area contributed by atoms with Crippen LogP contribution in [-0.2, 0) is 11.1 Å². The Bertz CT molecular complexity index is 2460. The second-order valence-corrected chi connectivity index (χ2v) is 16.4. The van der Waals surface area contributed by atoms with Crippen molar-refractivity contribution in [2.75, 3.05) is 0 Å². The van der Waals surface area contributed by atoms with Gasteiger partial charge in [-0.05, 0) is 76.6 Å². The third kappa shape index (κ3) is 3.24. The summed E-state index contributed by atoms with van der Waals surface area (Å²) in [6.45, 7) is 12.9. The van der Waals surface area contributed by atoms with Gasteiger partial charge in [0.2, 0.25) is 10.9 Å². The van der Waals surface area contributed by atoms with Crippen molar-refractivity contribution in [2.45, 2.75) is 52.6 Å². The molecular formula is C31H24N2O4S4. The van der Waals surface area contributed by atoms with Gasteiger partial charge in [0.25, 0.3) is 0 Å². The number of rotatable bonds is 2. The van der Waals surface area contributed by atoms with Gasteiger partial charge in [0, 0.05) is 16.0 Å². The molecule has 1 aliphatic heterocycles. The highest BCUT2D eigenvalue weighted by Crippen LogP contribution is 2.48. The molecule has 0 bridgehead atoms. The number of fused-ring (bicyclic) bond motifs is 7. The van der Waals surface area contributed by atoms with Gasteiger partial charge in [0.15, 0.2) is 5.76 Å². The first-order valence-electron chi connectivity index (χ1n) is 13.2. The van der Waals surface area contributed by atoms with Crippen molar-refractivity contribution < 1.29 is 4.42 Å². The van der Waals surface area contributed by atoms with E-state index in [0.717, 1.165) is 40.9 Å². The van der Waals surface area contributed by atoms with E-state index >= 15 is 0 Å². The Hall–Kier alpha value is -3.31. The van der Waals surface area contributed by atoms with E-state index < -0.39 is 16.5 Å². The Kier molecular flexibility index (Phi) is 4.92. The molecule has 0 atom stereocenters. The minimum absolute atomic E-state index is 0.0988. The van der Waals surface area contributed by atoms with Crippen molar-refractivity contribution in [3.63, 3.8) is 0 Å². The van der Waals surface area contributed by atoms with E-state index in [4.69, 9.17) is 4.42 Å². The highest BCUT2D eigenvalue weighted by atomic mass is 32.1. The Balaban J connectivity index is 1.36. The van der Waals surface area contributed by atoms with Crippen molar-refractivity contribution in [3.05, 3.63) is 65.9 Å². The van der Waals surface area contributed by atoms with Crippen LogP contribution in [0.3, 0.4) is 0 Å². The minimum Gasteiger partial charge on any atom is -0.421 e. The molecule has 0 fully saturated rings. The summed E-state index contributed by atoms with van der Waals surface area (Å²) >= 11 is 6.29. The lowest BCUT2D eigenvalue weighted by Crippen LogP contribution is -2.21. The average Bonchev–Trinajstić information content (AvgIpc) is 3.67. The van der Waals surface area contributed by atoms with Crippen LogP contribution >= 0.6 is 45.3 Å². The van der Waals surface area contributed by atoms with Gasteiger partial charge in [-0.1, -0.05) is 0 Å². The summed E-state index contributed by atoms with van der Waals surface area (Å²) in [4.78, 5) is 41.8. The van der Waals surface area contributed by atoms with E-state index in [1.807, 2.05) is 12.1 Å². The molecule has 8 rings (SSSR count). The zero-order chi connectivity index (χ0) is 28.7. The molecule has 0 spiro atoms. The maximum absolute atomic E-state index is 13.5. The molecule has 2 aliphatic rings. The Morgan fingerprint density at radius 2 is 1.10 bits per heavy atom. The van der Waals surface area contributed by atoms with Crippen LogP contribution in [0.2, 0.25) is 0 Å². The van der Waals surface area contributed by atoms with Crippen LogP contribution in [0.25, 0.3) is 73.1 Å². The lowest BCUT2D eigenvalue weighted by atomic mass is 10.1. The molecule has 6 aromatic rings. The summed E-state index contributed by atoms with van der Waals surface area (Å²) in [6, 6.07) is 8.19. The quantitative estimate of drug-likeness (QED) is 0.182. The van der Waals surface area contributed by atoms with Crippen molar-refractivity contribution in [1.82, 2.24) is 9.13 Å². The number of furan rings is 1. The number of hydrogen-bond acceptors (Lipinski definition) is 8. The molecule has 0 saturated heterocycles. The Morgan fingerprint density at radius 1 is 0.610 bits per heavy atom. The van der Waals surface area contributed by atoms with Crippen molar-refractivity contribution >= 4 is 86.2 Å². The summed E-state index contributed by atoms with van der Waals surface area (Å²) in [5.41, 5.74) is 2.38. The van der Waals surface area contributed by atoms with Crippen LogP contribution in [0.15, 0.2) is 53.8 Å². The summed E-state index contributed by atoms with van der Waals surface area (Å²) in [5.74, 6) is 0.200. The Morgan fingerprint density at radius 3 is 1.63 bits per heavy atom. The van der Waals surface area contributed by atoms with Crippen molar-refractivity contribution in [1.29, 1.82) is 0 Å². The van der Waals surface area contributed by atoms with Gasteiger partial charge in [-0.2, -0.15) is 0 Å². The standard InChI is InChI=1S/C31H24N2O4S4/c1-30(2,3)32-13-7-9-38-25(13)27-15(32)11-17(40-27)19-20-21(23(35)22(19)34)24(37-29(20)36)18-12-16-28(41-18)26-14(8-10-39-26)33(16)31(4,5)6/h7-12H,1-6H3. The van der Waals surface area contributed by atoms with Gasteiger partial charge in [-0.25, -0.2) is 4.79 Å². The molecule has 206 valence electrons. The van der Waals surface area contributed by atoms with Crippen LogP contribution in [-0.4, -0.2) is 9.13 Å². The topological polar surface area (TPSA) is 74.2 Å². The lowest BCUT2D eigenvalue weighted by molar-refractivity contribution is 0.423. The van der Waals surface area contributed by atoms with Crippen molar-refractivity contribution in [2.24, 2.45) is 0 Å². The molecule has 0 amide bonds. The van der Waals surface area contributed by atoms with Crippen LogP contribution < -0.4 is 16.5 Å². The minimum atomic E-state index is -0.674. The predicted octanol–water partition coefficient (Wildman–Crippen LogP) is 8.65. The fourth-order valence-corrected chi connectivity index (χ4v) is 10.7. The van der Waals surface area contributed by atoms with E-state index in [2.05, 4.69) is 73.6 Å². The fraction of sp³-hybridized carbons (Fsp3) is 0.258. The summed E-state index contributed by atoms with van der Waals surface area (Å²) < 4.78 is 14.8. The molecule has 0 N–H and O–H groups in total. The number of aromatic nitrogens is 2. The zero-order valence-corrected chi connectivity index (χ0v) is 26.4. The first kappa shape index (κ1) is 25.4. The third-order valence-electron chi connectivity index (χ3n) is 7.69. The zero-order valence-electron chi connectivity index (χ0n) is 23.1. The third-order valence-corrected chi connectivity index (χ3v) is 12.1. The van der Waals surface area contributed by atoms with Gasteiger partial charge in [-0.15, -0.1) is 45.3 Å². The second kappa shape index (κ2) is 7.95. The monoisotopic (exact) mass is 616 g/mol. The van der Waals surface area contributed by atoms with E-state index in [1.54, 1.807) is 22.7 Å². The largest absolute Gasteiger partial charge is 0.421 e. The normalized spacial score (nSPS) is 13.4. The molecular weight excluding hydrogens is 593 g/mol. The second-order valence-electron chi connectivity index (χ2n) is 12.4. The van der Waals surface area contributed by atoms with Gasteiger partial charge in [-0.3, -0.25) is 9.59 Å². The molecule has 0 unspecified atom stereocenters. The Labute approximate surface area is 249 Å². The SMILES string of the molecule is CC(C)(C)n1c2ccsc2c2sc(-c3oc(=O)c4c(-c5cc6c(s5)c5sccc5n6C(C)(C)C)c(=O)c(=O)c3-4)cc21. The van der Waals surface area contributed by atoms with Crippen LogP contribution in [0.1, 0.15) is 41.5 Å².